The standard InChI is InChI=1S/C13H8F3NO3S/c14-7-4-6(5-8(15)10(7)16)12(18)17-11(13(19)20)9-2-1-3-21-9/h1-5,11H,(H,17,18)(H,19,20). The number of nitrogens with one attached hydrogen (secondary N) is 1. The lowest BCUT2D eigenvalue weighted by Gasteiger charge is -2.13. The van der Waals surface area contributed by atoms with E-state index in [-0.39, 0.29) is 0 Å². The largest absolute Gasteiger partial charge is 0.479 e. The number of carboxylic acids is 1. The van der Waals surface area contributed by atoms with Crippen molar-refractivity contribution in [2.24, 2.45) is 0 Å². The maximum atomic E-state index is 13.1. The predicted molar refractivity (Wildman–Crippen MR) is 68.5 cm³/mol. The van der Waals surface area contributed by atoms with Crippen molar-refractivity contribution in [1.82, 2.24) is 5.32 Å². The number of amides is 1. The van der Waals surface area contributed by atoms with Crippen molar-refractivity contribution < 1.29 is 27.9 Å². The van der Waals surface area contributed by atoms with Crippen LogP contribution in [0.2, 0.25) is 0 Å². The molecular weight excluding hydrogens is 307 g/mol. The molecule has 0 saturated carbocycles. The van der Waals surface area contributed by atoms with Crippen LogP contribution in [0.5, 0.6) is 0 Å². The summed E-state index contributed by atoms with van der Waals surface area (Å²) in [7, 11) is 0. The molecule has 1 amide bonds. The molecule has 0 bridgehead atoms. The van der Waals surface area contributed by atoms with Crippen LogP contribution in [0, 0.1) is 17.5 Å². The maximum Gasteiger partial charge on any atom is 0.331 e. The van der Waals surface area contributed by atoms with E-state index >= 15 is 0 Å². The number of hydrogen-bond donors (Lipinski definition) is 2. The van der Waals surface area contributed by atoms with Gasteiger partial charge in [0.2, 0.25) is 0 Å². The minimum Gasteiger partial charge on any atom is -0.479 e. The van der Waals surface area contributed by atoms with Crippen LogP contribution < -0.4 is 5.32 Å². The Labute approximate surface area is 120 Å². The molecule has 8 heteroatoms. The minimum atomic E-state index is -1.69. The minimum absolute atomic E-state index is 0.346. The number of rotatable bonds is 4. The van der Waals surface area contributed by atoms with E-state index in [0.717, 1.165) is 11.3 Å². The van der Waals surface area contributed by atoms with Crippen molar-refractivity contribution in [3.8, 4) is 0 Å². The highest BCUT2D eigenvalue weighted by atomic mass is 32.1. The van der Waals surface area contributed by atoms with E-state index in [1.165, 1.54) is 6.07 Å². The average Bonchev–Trinajstić information content (AvgIpc) is 2.94. The predicted octanol–water partition coefficient (Wildman–Crippen LogP) is 2.72. The summed E-state index contributed by atoms with van der Waals surface area (Å²) in [5.41, 5.74) is -0.505. The summed E-state index contributed by atoms with van der Waals surface area (Å²) < 4.78 is 38.9. The molecule has 1 atom stereocenters. The molecule has 0 aliphatic carbocycles. The van der Waals surface area contributed by atoms with Crippen LogP contribution in [0.15, 0.2) is 29.6 Å². The van der Waals surface area contributed by atoms with Gasteiger partial charge in [-0.1, -0.05) is 6.07 Å². The molecule has 0 radical (unpaired) electrons. The number of benzene rings is 1. The van der Waals surface area contributed by atoms with E-state index in [0.29, 0.717) is 17.0 Å². The Morgan fingerprint density at radius 2 is 1.81 bits per heavy atom. The van der Waals surface area contributed by atoms with Crippen molar-refractivity contribution in [3.63, 3.8) is 0 Å². The third-order valence-electron chi connectivity index (χ3n) is 2.60. The molecule has 0 spiro atoms. The van der Waals surface area contributed by atoms with Gasteiger partial charge in [-0.05, 0) is 23.6 Å². The fraction of sp³-hybridized carbons (Fsp3) is 0.0769. The number of carbonyl (C=O) groups is 2. The van der Waals surface area contributed by atoms with Crippen LogP contribution in [-0.2, 0) is 4.79 Å². The smallest absolute Gasteiger partial charge is 0.331 e. The van der Waals surface area contributed by atoms with Gasteiger partial charge in [0.15, 0.2) is 23.5 Å². The molecule has 110 valence electrons. The third kappa shape index (κ3) is 3.22. The molecule has 0 aliphatic rings. The van der Waals surface area contributed by atoms with E-state index in [9.17, 15) is 22.8 Å². The molecular formula is C13H8F3NO3S. The van der Waals surface area contributed by atoms with Crippen LogP contribution in [0.4, 0.5) is 13.2 Å². The summed E-state index contributed by atoms with van der Waals surface area (Å²) in [4.78, 5) is 23.3. The molecule has 1 aromatic heterocycles. The number of aliphatic carboxylic acids is 1. The molecule has 2 aromatic rings. The summed E-state index contributed by atoms with van der Waals surface area (Å²) in [6.07, 6.45) is 0. The van der Waals surface area contributed by atoms with Crippen LogP contribution in [0.25, 0.3) is 0 Å². The van der Waals surface area contributed by atoms with Crippen LogP contribution in [-0.4, -0.2) is 17.0 Å². The Morgan fingerprint density at radius 3 is 2.29 bits per heavy atom. The van der Waals surface area contributed by atoms with Gasteiger partial charge in [-0.25, -0.2) is 18.0 Å². The highest BCUT2D eigenvalue weighted by molar-refractivity contribution is 7.10. The van der Waals surface area contributed by atoms with Gasteiger partial charge in [-0.15, -0.1) is 11.3 Å². The molecule has 1 heterocycles. The number of halogens is 3. The molecule has 1 unspecified atom stereocenters. The first kappa shape index (κ1) is 15.0. The first-order valence-electron chi connectivity index (χ1n) is 5.61. The van der Waals surface area contributed by atoms with Crippen molar-refractivity contribution in [2.75, 3.05) is 0 Å². The fourth-order valence-corrected chi connectivity index (χ4v) is 2.38. The van der Waals surface area contributed by atoms with Crippen LogP contribution in [0.3, 0.4) is 0 Å². The van der Waals surface area contributed by atoms with Gasteiger partial charge < -0.3 is 10.4 Å². The van der Waals surface area contributed by atoms with E-state index in [2.05, 4.69) is 5.32 Å². The number of carbonyl (C=O) groups excluding carboxylic acids is 1. The van der Waals surface area contributed by atoms with Gasteiger partial charge in [-0.3, -0.25) is 4.79 Å². The van der Waals surface area contributed by atoms with Gasteiger partial charge >= 0.3 is 5.97 Å². The van der Waals surface area contributed by atoms with Crippen molar-refractivity contribution in [1.29, 1.82) is 0 Å². The maximum absolute atomic E-state index is 13.1. The molecule has 1 aromatic carbocycles. The highest BCUT2D eigenvalue weighted by Gasteiger charge is 2.24. The normalized spacial score (nSPS) is 12.0. The van der Waals surface area contributed by atoms with Crippen molar-refractivity contribution >= 4 is 23.2 Å². The van der Waals surface area contributed by atoms with Gasteiger partial charge in [0.05, 0.1) is 0 Å². The lowest BCUT2D eigenvalue weighted by Crippen LogP contribution is -2.33. The van der Waals surface area contributed by atoms with E-state index in [4.69, 9.17) is 5.11 Å². The van der Waals surface area contributed by atoms with Crippen LogP contribution >= 0.6 is 11.3 Å². The first-order valence-corrected chi connectivity index (χ1v) is 6.49. The molecule has 2 N–H and O–H groups in total. The lowest BCUT2D eigenvalue weighted by atomic mass is 10.1. The number of hydrogen-bond acceptors (Lipinski definition) is 3. The molecule has 0 saturated heterocycles. The van der Waals surface area contributed by atoms with Crippen molar-refractivity contribution in [3.05, 3.63) is 57.5 Å². The molecule has 21 heavy (non-hydrogen) atoms. The average molecular weight is 315 g/mol. The Bertz CT molecular complexity index is 665. The third-order valence-corrected chi connectivity index (χ3v) is 3.53. The van der Waals surface area contributed by atoms with Gasteiger partial charge in [-0.2, -0.15) is 0 Å². The van der Waals surface area contributed by atoms with Gasteiger partial charge in [0.1, 0.15) is 0 Å². The SMILES string of the molecule is O=C(NC(C(=O)O)c1cccs1)c1cc(F)c(F)c(F)c1. The zero-order valence-electron chi connectivity index (χ0n) is 10.3. The second kappa shape index (κ2) is 5.96. The Kier molecular flexibility index (Phi) is 4.27. The summed E-state index contributed by atoms with van der Waals surface area (Å²) in [6.45, 7) is 0. The van der Waals surface area contributed by atoms with E-state index in [1.807, 2.05) is 0 Å². The quantitative estimate of drug-likeness (QED) is 0.853. The molecule has 0 aliphatic heterocycles. The summed E-state index contributed by atoms with van der Waals surface area (Å²) in [6, 6.07) is 2.74. The van der Waals surface area contributed by atoms with Crippen molar-refractivity contribution in [2.45, 2.75) is 6.04 Å². The second-order valence-electron chi connectivity index (χ2n) is 4.01. The van der Waals surface area contributed by atoms with Crippen LogP contribution in [0.1, 0.15) is 21.3 Å². The zero-order valence-corrected chi connectivity index (χ0v) is 11.1. The van der Waals surface area contributed by atoms with Gasteiger partial charge in [0.25, 0.3) is 5.91 Å². The highest BCUT2D eigenvalue weighted by Crippen LogP contribution is 2.20. The monoisotopic (exact) mass is 315 g/mol. The zero-order chi connectivity index (χ0) is 15.6. The second-order valence-corrected chi connectivity index (χ2v) is 4.99. The lowest BCUT2D eigenvalue weighted by molar-refractivity contribution is -0.139. The van der Waals surface area contributed by atoms with E-state index in [1.54, 1.807) is 11.4 Å². The fourth-order valence-electron chi connectivity index (χ4n) is 1.61. The molecule has 2 rings (SSSR count). The summed E-state index contributed by atoms with van der Waals surface area (Å²) in [5, 5.41) is 12.8. The molecule has 4 nitrogen and oxygen atoms in total. The van der Waals surface area contributed by atoms with Gasteiger partial charge in [0, 0.05) is 10.4 Å². The Balaban J connectivity index is 2.26. The number of thiophene rings is 1. The topological polar surface area (TPSA) is 66.4 Å². The number of carboxylic acid groups (broad SMARTS) is 1. The van der Waals surface area contributed by atoms with E-state index < -0.39 is 40.9 Å². The summed E-state index contributed by atoms with van der Waals surface area (Å²) in [5.74, 6) is -7.09. The Hall–Kier alpha value is -2.35. The Morgan fingerprint density at radius 1 is 1.19 bits per heavy atom. The molecule has 0 fully saturated rings. The first-order chi connectivity index (χ1) is 9.90. The summed E-state index contributed by atoms with van der Waals surface area (Å²) >= 11 is 1.10.